The molecule has 0 saturated heterocycles. The summed E-state index contributed by atoms with van der Waals surface area (Å²) in [5.41, 5.74) is 0.477. The van der Waals surface area contributed by atoms with Gasteiger partial charge in [-0.15, -0.1) is 0 Å². The highest BCUT2D eigenvalue weighted by molar-refractivity contribution is 7.86. The third-order valence-electron chi connectivity index (χ3n) is 3.50. The highest BCUT2D eigenvalue weighted by Gasteiger charge is 2.18. The van der Waals surface area contributed by atoms with Crippen molar-refractivity contribution < 1.29 is 22.5 Å². The fourth-order valence-electron chi connectivity index (χ4n) is 2.09. The molecule has 1 aromatic carbocycles. The number of benzene rings is 1. The lowest BCUT2D eigenvalue weighted by Crippen LogP contribution is -2.40. The molecule has 1 rings (SSSR count). The van der Waals surface area contributed by atoms with E-state index in [4.69, 9.17) is 4.74 Å². The van der Waals surface area contributed by atoms with Crippen LogP contribution in [0.5, 0.6) is 11.5 Å². The van der Waals surface area contributed by atoms with Crippen LogP contribution in [0.4, 0.5) is 8.78 Å². The second-order valence-electron chi connectivity index (χ2n) is 6.64. The van der Waals surface area contributed by atoms with E-state index in [2.05, 4.69) is 20.4 Å². The van der Waals surface area contributed by atoms with Crippen molar-refractivity contribution in [2.75, 3.05) is 26.0 Å². The molecule has 154 valence electrons. The van der Waals surface area contributed by atoms with Crippen LogP contribution in [0.15, 0.2) is 23.2 Å². The highest BCUT2D eigenvalue weighted by atomic mass is 32.2. The number of methoxy groups -OCH3 is 1. The first-order valence-electron chi connectivity index (χ1n) is 8.69. The Balaban J connectivity index is 2.83. The lowest BCUT2D eigenvalue weighted by atomic mass is 10.2. The zero-order valence-corrected chi connectivity index (χ0v) is 17.3. The van der Waals surface area contributed by atoms with Gasteiger partial charge in [-0.05, 0) is 45.9 Å². The molecule has 0 saturated carbocycles. The molecule has 0 aliphatic carbocycles. The molecule has 2 N–H and O–H groups in total. The Morgan fingerprint density at radius 2 is 2.00 bits per heavy atom. The van der Waals surface area contributed by atoms with Crippen LogP contribution < -0.4 is 20.1 Å². The molecule has 0 heterocycles. The van der Waals surface area contributed by atoms with Gasteiger partial charge in [0.1, 0.15) is 11.5 Å². The number of guanidine groups is 1. The zero-order chi connectivity index (χ0) is 20.4. The summed E-state index contributed by atoms with van der Waals surface area (Å²) in [6.45, 7) is 6.01. The predicted molar refractivity (Wildman–Crippen MR) is 105 cm³/mol. The first-order chi connectivity index (χ1) is 12.7. The van der Waals surface area contributed by atoms with Crippen molar-refractivity contribution in [2.45, 2.75) is 45.6 Å². The number of aliphatic imine (C=N–C) groups is 1. The molecule has 0 radical (unpaired) electrons. The molecule has 0 bridgehead atoms. The maximum Gasteiger partial charge on any atom is 0.387 e. The third kappa shape index (κ3) is 8.55. The maximum absolute atomic E-state index is 12.6. The van der Waals surface area contributed by atoms with E-state index in [1.165, 1.54) is 13.2 Å². The summed E-state index contributed by atoms with van der Waals surface area (Å²) in [5.74, 6) is 1.57. The minimum atomic E-state index is -2.92. The minimum absolute atomic E-state index is 0.0548. The first kappa shape index (κ1) is 23.1. The zero-order valence-electron chi connectivity index (χ0n) is 16.5. The SMILES string of the molecule is CCNC(=NCc1cc(OC)ccc1OC(F)F)NCCS(=O)C(C)(C)C. The van der Waals surface area contributed by atoms with E-state index in [-0.39, 0.29) is 17.0 Å². The molecular formula is C18H29F2N3O3S. The molecule has 1 aromatic rings. The molecular weight excluding hydrogens is 376 g/mol. The van der Waals surface area contributed by atoms with Crippen molar-refractivity contribution >= 4 is 16.8 Å². The van der Waals surface area contributed by atoms with E-state index < -0.39 is 17.4 Å². The number of nitrogens with zero attached hydrogens (tertiary/aromatic N) is 1. The Hall–Kier alpha value is -1.90. The quantitative estimate of drug-likeness (QED) is 0.488. The van der Waals surface area contributed by atoms with Crippen molar-refractivity contribution in [1.82, 2.24) is 10.6 Å². The summed E-state index contributed by atoms with van der Waals surface area (Å²) in [6, 6.07) is 4.60. The summed E-state index contributed by atoms with van der Waals surface area (Å²) in [5, 5.41) is 6.18. The number of nitrogens with one attached hydrogen (secondary N) is 2. The van der Waals surface area contributed by atoms with Crippen LogP contribution in [0, 0.1) is 0 Å². The van der Waals surface area contributed by atoms with Gasteiger partial charge in [-0.25, -0.2) is 4.99 Å². The number of hydrogen-bond donors (Lipinski definition) is 2. The molecule has 0 aromatic heterocycles. The number of alkyl halides is 2. The van der Waals surface area contributed by atoms with Crippen molar-refractivity contribution in [3.63, 3.8) is 0 Å². The number of ether oxygens (including phenoxy) is 2. The van der Waals surface area contributed by atoms with Gasteiger partial charge in [0.15, 0.2) is 5.96 Å². The lowest BCUT2D eigenvalue weighted by molar-refractivity contribution is -0.0504. The monoisotopic (exact) mass is 405 g/mol. The smallest absolute Gasteiger partial charge is 0.387 e. The standard InChI is InChI=1S/C18H29F2N3O3S/c1-6-21-17(22-9-10-27(24)18(2,3)4)23-12-13-11-14(25-5)7-8-15(13)26-16(19)20/h7-8,11,16H,6,9-10,12H2,1-5H3,(H2,21,22,23). The highest BCUT2D eigenvalue weighted by Crippen LogP contribution is 2.26. The van der Waals surface area contributed by atoms with Gasteiger partial charge in [0, 0.05) is 40.0 Å². The summed E-state index contributed by atoms with van der Waals surface area (Å²) in [6.07, 6.45) is 0. The Morgan fingerprint density at radius 3 is 2.56 bits per heavy atom. The Bertz CT molecular complexity index is 649. The van der Waals surface area contributed by atoms with Crippen molar-refractivity contribution in [2.24, 2.45) is 4.99 Å². The van der Waals surface area contributed by atoms with Gasteiger partial charge in [-0.3, -0.25) is 4.21 Å². The van der Waals surface area contributed by atoms with Crippen molar-refractivity contribution in [3.05, 3.63) is 23.8 Å². The second kappa shape index (κ2) is 11.1. The summed E-state index contributed by atoms with van der Waals surface area (Å²) in [7, 11) is 0.520. The normalized spacial score (nSPS) is 13.4. The summed E-state index contributed by atoms with van der Waals surface area (Å²) in [4.78, 5) is 4.40. The Morgan fingerprint density at radius 1 is 1.30 bits per heavy atom. The van der Waals surface area contributed by atoms with Crippen LogP contribution >= 0.6 is 0 Å². The fourth-order valence-corrected chi connectivity index (χ4v) is 2.99. The molecule has 0 aliphatic heterocycles. The Labute approximate surface area is 162 Å². The third-order valence-corrected chi connectivity index (χ3v) is 5.44. The average molecular weight is 406 g/mol. The summed E-state index contributed by atoms with van der Waals surface area (Å²) >= 11 is 0. The van der Waals surface area contributed by atoms with Gasteiger partial charge >= 0.3 is 6.61 Å². The predicted octanol–water partition coefficient (Wildman–Crippen LogP) is 2.90. The largest absolute Gasteiger partial charge is 0.497 e. The van der Waals surface area contributed by atoms with E-state index >= 15 is 0 Å². The van der Waals surface area contributed by atoms with Gasteiger partial charge in [0.05, 0.1) is 13.7 Å². The topological polar surface area (TPSA) is 72.0 Å². The van der Waals surface area contributed by atoms with Crippen molar-refractivity contribution in [1.29, 1.82) is 0 Å². The fraction of sp³-hybridized carbons (Fsp3) is 0.611. The molecule has 1 unspecified atom stereocenters. The number of halogens is 2. The second-order valence-corrected chi connectivity index (χ2v) is 8.96. The van der Waals surface area contributed by atoms with E-state index in [0.29, 0.717) is 36.1 Å². The van der Waals surface area contributed by atoms with E-state index in [1.807, 2.05) is 27.7 Å². The van der Waals surface area contributed by atoms with E-state index in [9.17, 15) is 13.0 Å². The van der Waals surface area contributed by atoms with Gasteiger partial charge < -0.3 is 20.1 Å². The lowest BCUT2D eigenvalue weighted by Gasteiger charge is -2.18. The van der Waals surface area contributed by atoms with Crippen LogP contribution in [0.3, 0.4) is 0 Å². The molecule has 1 atom stereocenters. The van der Waals surface area contributed by atoms with Gasteiger partial charge in [0.25, 0.3) is 0 Å². The van der Waals surface area contributed by atoms with Gasteiger partial charge in [-0.1, -0.05) is 0 Å². The maximum atomic E-state index is 12.6. The van der Waals surface area contributed by atoms with Crippen LogP contribution in [0.25, 0.3) is 0 Å². The van der Waals surface area contributed by atoms with Crippen molar-refractivity contribution in [3.8, 4) is 11.5 Å². The molecule has 0 spiro atoms. The molecule has 0 amide bonds. The van der Waals surface area contributed by atoms with E-state index in [0.717, 1.165) is 0 Å². The average Bonchev–Trinajstić information content (AvgIpc) is 2.59. The van der Waals surface area contributed by atoms with Crippen LogP contribution in [-0.4, -0.2) is 47.5 Å². The summed E-state index contributed by atoms with van der Waals surface area (Å²) < 4.78 is 46.7. The van der Waals surface area contributed by atoms with Gasteiger partial charge in [0.2, 0.25) is 0 Å². The van der Waals surface area contributed by atoms with Crippen LogP contribution in [-0.2, 0) is 17.3 Å². The van der Waals surface area contributed by atoms with Crippen LogP contribution in [0.2, 0.25) is 0 Å². The number of hydrogen-bond acceptors (Lipinski definition) is 4. The van der Waals surface area contributed by atoms with Gasteiger partial charge in [-0.2, -0.15) is 8.78 Å². The molecule has 6 nitrogen and oxygen atoms in total. The minimum Gasteiger partial charge on any atom is -0.497 e. The van der Waals surface area contributed by atoms with E-state index in [1.54, 1.807) is 12.1 Å². The number of rotatable bonds is 9. The molecule has 9 heteroatoms. The molecule has 27 heavy (non-hydrogen) atoms. The molecule has 0 aliphatic rings. The van der Waals surface area contributed by atoms with Crippen LogP contribution in [0.1, 0.15) is 33.3 Å². The Kier molecular flexibility index (Phi) is 9.48. The molecule has 0 fully saturated rings. The first-order valence-corrected chi connectivity index (χ1v) is 10.0.